The van der Waals surface area contributed by atoms with Crippen molar-refractivity contribution in [3.8, 4) is 0 Å². The second kappa shape index (κ2) is 5.19. The molecule has 1 saturated heterocycles. The minimum atomic E-state index is 0.294. The van der Waals surface area contributed by atoms with E-state index in [1.54, 1.807) is 0 Å². The van der Waals surface area contributed by atoms with Gasteiger partial charge >= 0.3 is 0 Å². The Morgan fingerprint density at radius 1 is 1.29 bits per heavy atom. The SMILES string of the molecule is CCN1CC(Cc2ccccc2)NCC1(C)C. The van der Waals surface area contributed by atoms with Crippen LogP contribution in [-0.2, 0) is 6.42 Å². The van der Waals surface area contributed by atoms with Crippen molar-refractivity contribution in [1.29, 1.82) is 0 Å². The summed E-state index contributed by atoms with van der Waals surface area (Å²) < 4.78 is 0. The number of nitrogens with one attached hydrogen (secondary N) is 1. The van der Waals surface area contributed by atoms with Crippen LogP contribution < -0.4 is 5.32 Å². The highest BCUT2D eigenvalue weighted by Crippen LogP contribution is 2.19. The van der Waals surface area contributed by atoms with Crippen molar-refractivity contribution in [3.05, 3.63) is 35.9 Å². The molecule has 1 aliphatic heterocycles. The Balaban J connectivity index is 1.96. The van der Waals surface area contributed by atoms with Crippen molar-refractivity contribution in [2.45, 2.75) is 38.8 Å². The van der Waals surface area contributed by atoms with Crippen molar-refractivity contribution in [2.24, 2.45) is 0 Å². The van der Waals surface area contributed by atoms with E-state index in [9.17, 15) is 0 Å². The summed E-state index contributed by atoms with van der Waals surface area (Å²) in [5, 5.41) is 3.68. The first kappa shape index (κ1) is 12.6. The van der Waals surface area contributed by atoms with Crippen molar-refractivity contribution >= 4 is 0 Å². The van der Waals surface area contributed by atoms with Gasteiger partial charge in [0.1, 0.15) is 0 Å². The maximum Gasteiger partial charge on any atom is 0.0278 e. The highest BCUT2D eigenvalue weighted by atomic mass is 15.3. The van der Waals surface area contributed by atoms with E-state index in [0.717, 1.165) is 26.1 Å². The molecule has 17 heavy (non-hydrogen) atoms. The minimum absolute atomic E-state index is 0.294. The second-order valence-electron chi connectivity index (χ2n) is 5.62. The van der Waals surface area contributed by atoms with Gasteiger partial charge in [0.05, 0.1) is 0 Å². The molecule has 2 heteroatoms. The second-order valence-corrected chi connectivity index (χ2v) is 5.62. The Bertz CT molecular complexity index is 345. The molecule has 1 unspecified atom stereocenters. The number of nitrogens with zero attached hydrogens (tertiary/aromatic N) is 1. The topological polar surface area (TPSA) is 15.3 Å². The lowest BCUT2D eigenvalue weighted by molar-refractivity contribution is 0.0719. The largest absolute Gasteiger partial charge is 0.311 e. The first-order chi connectivity index (χ1) is 8.12. The van der Waals surface area contributed by atoms with E-state index in [1.165, 1.54) is 5.56 Å². The quantitative estimate of drug-likeness (QED) is 0.860. The fourth-order valence-corrected chi connectivity index (χ4v) is 2.68. The molecule has 0 aromatic heterocycles. The molecule has 0 amide bonds. The van der Waals surface area contributed by atoms with Crippen LogP contribution >= 0.6 is 0 Å². The van der Waals surface area contributed by atoms with Gasteiger partial charge in [0.2, 0.25) is 0 Å². The Morgan fingerprint density at radius 3 is 2.65 bits per heavy atom. The van der Waals surface area contributed by atoms with Gasteiger partial charge in [0.15, 0.2) is 0 Å². The predicted molar refractivity (Wildman–Crippen MR) is 73.3 cm³/mol. The third-order valence-electron chi connectivity index (χ3n) is 3.83. The maximum atomic E-state index is 3.68. The molecule has 0 bridgehead atoms. The minimum Gasteiger partial charge on any atom is -0.311 e. The van der Waals surface area contributed by atoms with Gasteiger partial charge in [-0.05, 0) is 32.4 Å². The van der Waals surface area contributed by atoms with Gasteiger partial charge in [-0.1, -0.05) is 37.3 Å². The summed E-state index contributed by atoms with van der Waals surface area (Å²) >= 11 is 0. The molecule has 1 aromatic carbocycles. The first-order valence-corrected chi connectivity index (χ1v) is 6.64. The third-order valence-corrected chi connectivity index (χ3v) is 3.83. The lowest BCUT2D eigenvalue weighted by Gasteiger charge is -2.45. The summed E-state index contributed by atoms with van der Waals surface area (Å²) in [6.07, 6.45) is 1.13. The van der Waals surface area contributed by atoms with Gasteiger partial charge in [0.25, 0.3) is 0 Å². The highest BCUT2D eigenvalue weighted by Gasteiger charge is 2.32. The molecule has 94 valence electrons. The molecule has 1 atom stereocenters. The number of piperazine rings is 1. The van der Waals surface area contributed by atoms with Crippen LogP contribution in [0.2, 0.25) is 0 Å². The zero-order valence-corrected chi connectivity index (χ0v) is 11.2. The van der Waals surface area contributed by atoms with Crippen molar-refractivity contribution in [2.75, 3.05) is 19.6 Å². The lowest BCUT2D eigenvalue weighted by Crippen LogP contribution is -2.62. The Hall–Kier alpha value is -0.860. The van der Waals surface area contributed by atoms with Gasteiger partial charge in [-0.15, -0.1) is 0 Å². The van der Waals surface area contributed by atoms with E-state index in [-0.39, 0.29) is 0 Å². The number of rotatable bonds is 3. The van der Waals surface area contributed by atoms with Crippen molar-refractivity contribution in [1.82, 2.24) is 10.2 Å². The molecule has 0 spiro atoms. The number of likely N-dealkylation sites (N-methyl/N-ethyl adjacent to an activating group) is 1. The molecule has 0 aliphatic carbocycles. The zero-order chi connectivity index (χ0) is 12.3. The van der Waals surface area contributed by atoms with Crippen LogP contribution in [0.15, 0.2) is 30.3 Å². The molecular formula is C15H24N2. The third kappa shape index (κ3) is 3.08. The van der Waals surface area contributed by atoms with E-state index >= 15 is 0 Å². The summed E-state index contributed by atoms with van der Waals surface area (Å²) in [5.74, 6) is 0. The highest BCUT2D eigenvalue weighted by molar-refractivity contribution is 5.16. The molecule has 1 aliphatic rings. The summed E-state index contributed by atoms with van der Waals surface area (Å²) in [6, 6.07) is 11.4. The van der Waals surface area contributed by atoms with Crippen LogP contribution in [0.5, 0.6) is 0 Å². The van der Waals surface area contributed by atoms with Crippen LogP contribution in [-0.4, -0.2) is 36.1 Å². The van der Waals surface area contributed by atoms with E-state index in [4.69, 9.17) is 0 Å². The van der Waals surface area contributed by atoms with Gasteiger partial charge < -0.3 is 5.32 Å². The molecular weight excluding hydrogens is 208 g/mol. The van der Waals surface area contributed by atoms with Crippen LogP contribution in [0.4, 0.5) is 0 Å². The zero-order valence-electron chi connectivity index (χ0n) is 11.2. The number of hydrogen-bond donors (Lipinski definition) is 1. The fourth-order valence-electron chi connectivity index (χ4n) is 2.68. The maximum absolute atomic E-state index is 3.68. The van der Waals surface area contributed by atoms with Gasteiger partial charge in [-0.25, -0.2) is 0 Å². The summed E-state index contributed by atoms with van der Waals surface area (Å²) in [7, 11) is 0. The van der Waals surface area contributed by atoms with E-state index in [0.29, 0.717) is 11.6 Å². The van der Waals surface area contributed by atoms with E-state index < -0.39 is 0 Å². The number of hydrogen-bond acceptors (Lipinski definition) is 2. The molecule has 2 rings (SSSR count). The van der Waals surface area contributed by atoms with Crippen LogP contribution in [0.3, 0.4) is 0 Å². The van der Waals surface area contributed by atoms with Gasteiger partial charge in [0, 0.05) is 24.7 Å². The molecule has 0 saturated carbocycles. The number of benzene rings is 1. The average Bonchev–Trinajstić information content (AvgIpc) is 2.33. The van der Waals surface area contributed by atoms with E-state index in [2.05, 4.69) is 61.3 Å². The van der Waals surface area contributed by atoms with Crippen LogP contribution in [0.25, 0.3) is 0 Å². The standard InChI is InChI=1S/C15H24N2/c1-4-17-11-14(16-12-15(17,2)3)10-13-8-6-5-7-9-13/h5-9,14,16H,4,10-12H2,1-3H3. The molecule has 1 aromatic rings. The Kier molecular flexibility index (Phi) is 3.85. The molecule has 1 N–H and O–H groups in total. The lowest BCUT2D eigenvalue weighted by atomic mass is 9.95. The monoisotopic (exact) mass is 232 g/mol. The fraction of sp³-hybridized carbons (Fsp3) is 0.600. The van der Waals surface area contributed by atoms with Crippen molar-refractivity contribution < 1.29 is 0 Å². The van der Waals surface area contributed by atoms with Crippen LogP contribution in [0.1, 0.15) is 26.3 Å². The molecule has 1 heterocycles. The Morgan fingerprint density at radius 2 is 2.00 bits per heavy atom. The Labute approximate surface area is 105 Å². The normalized spacial score (nSPS) is 24.8. The predicted octanol–water partition coefficient (Wildman–Crippen LogP) is 2.30. The smallest absolute Gasteiger partial charge is 0.0278 e. The van der Waals surface area contributed by atoms with Crippen LogP contribution in [0, 0.1) is 0 Å². The molecule has 2 nitrogen and oxygen atoms in total. The van der Waals surface area contributed by atoms with Gasteiger partial charge in [-0.2, -0.15) is 0 Å². The van der Waals surface area contributed by atoms with Gasteiger partial charge in [-0.3, -0.25) is 4.90 Å². The molecule has 1 fully saturated rings. The van der Waals surface area contributed by atoms with Crippen molar-refractivity contribution in [3.63, 3.8) is 0 Å². The summed E-state index contributed by atoms with van der Waals surface area (Å²) in [6.45, 7) is 10.3. The average molecular weight is 232 g/mol. The first-order valence-electron chi connectivity index (χ1n) is 6.64. The summed E-state index contributed by atoms with van der Waals surface area (Å²) in [5.41, 5.74) is 1.72. The molecule has 0 radical (unpaired) electrons. The van der Waals surface area contributed by atoms with E-state index in [1.807, 2.05) is 0 Å². The summed E-state index contributed by atoms with van der Waals surface area (Å²) in [4.78, 5) is 2.58.